The third kappa shape index (κ3) is 3.30. The molecule has 0 unspecified atom stereocenters. The maximum Gasteiger partial charge on any atom is 0.266 e. The van der Waals surface area contributed by atoms with E-state index < -0.39 is 29.8 Å². The summed E-state index contributed by atoms with van der Waals surface area (Å²) in [5.74, 6) is -1.93. The normalized spacial score (nSPS) is 22.8. The van der Waals surface area contributed by atoms with Crippen molar-refractivity contribution in [2.45, 2.75) is 17.0 Å². The average molecular weight is 434 g/mol. The maximum atomic E-state index is 13.5. The Balaban J connectivity index is 1.57. The summed E-state index contributed by atoms with van der Waals surface area (Å²) in [5.41, 5.74) is 2.00. The summed E-state index contributed by atoms with van der Waals surface area (Å²) in [6.45, 7) is 0. The van der Waals surface area contributed by atoms with Crippen LogP contribution in [0.4, 0.5) is 15.8 Å². The molecule has 3 atom stereocenters. The van der Waals surface area contributed by atoms with Crippen LogP contribution in [0, 0.1) is 11.7 Å². The SMILES string of the molecule is CSc1ccc([C@H]2[C@H]3C(=O)N(c4ccc(F)cc4)C(=O)[C@H]3ON2c2ccccc2)cc1. The summed E-state index contributed by atoms with van der Waals surface area (Å²) in [6.07, 6.45) is 1.06. The number of para-hydroxylation sites is 1. The van der Waals surface area contributed by atoms with Gasteiger partial charge in [0.25, 0.3) is 5.91 Å². The lowest BCUT2D eigenvalue weighted by atomic mass is 9.90. The highest BCUT2D eigenvalue weighted by atomic mass is 32.2. The van der Waals surface area contributed by atoms with Gasteiger partial charge in [-0.15, -0.1) is 11.8 Å². The Bertz CT molecular complexity index is 1120. The smallest absolute Gasteiger partial charge is 0.266 e. The van der Waals surface area contributed by atoms with Gasteiger partial charge in [-0.1, -0.05) is 30.3 Å². The van der Waals surface area contributed by atoms with E-state index in [4.69, 9.17) is 4.84 Å². The van der Waals surface area contributed by atoms with Gasteiger partial charge in [-0.05, 0) is 60.4 Å². The van der Waals surface area contributed by atoms with Gasteiger partial charge in [0.1, 0.15) is 11.7 Å². The van der Waals surface area contributed by atoms with Crippen molar-refractivity contribution in [3.8, 4) is 0 Å². The van der Waals surface area contributed by atoms with Crippen molar-refractivity contribution >= 4 is 35.0 Å². The zero-order valence-corrected chi connectivity index (χ0v) is 17.5. The molecule has 156 valence electrons. The number of fused-ring (bicyclic) bond motifs is 1. The lowest BCUT2D eigenvalue weighted by Crippen LogP contribution is -2.37. The largest absolute Gasteiger partial charge is 0.273 e. The van der Waals surface area contributed by atoms with Crippen LogP contribution in [0.25, 0.3) is 0 Å². The molecule has 0 bridgehead atoms. The van der Waals surface area contributed by atoms with Crippen LogP contribution in [0.5, 0.6) is 0 Å². The zero-order valence-electron chi connectivity index (χ0n) is 16.6. The zero-order chi connectivity index (χ0) is 21.5. The number of benzene rings is 3. The molecule has 5 nitrogen and oxygen atoms in total. The van der Waals surface area contributed by atoms with Crippen LogP contribution >= 0.6 is 11.8 Å². The minimum atomic E-state index is -0.942. The quantitative estimate of drug-likeness (QED) is 0.444. The fourth-order valence-corrected chi connectivity index (χ4v) is 4.61. The highest BCUT2D eigenvalue weighted by Crippen LogP contribution is 2.47. The molecule has 0 aromatic heterocycles. The average Bonchev–Trinajstić information content (AvgIpc) is 3.31. The number of nitrogens with zero attached hydrogens (tertiary/aromatic N) is 2. The fraction of sp³-hybridized carbons (Fsp3) is 0.167. The van der Waals surface area contributed by atoms with Crippen molar-refractivity contribution in [1.29, 1.82) is 0 Å². The monoisotopic (exact) mass is 434 g/mol. The fourth-order valence-electron chi connectivity index (χ4n) is 4.20. The van der Waals surface area contributed by atoms with Gasteiger partial charge in [0, 0.05) is 4.90 Å². The molecular weight excluding hydrogens is 415 g/mol. The Hall–Kier alpha value is -3.16. The minimum absolute atomic E-state index is 0.345. The standard InChI is InChI=1S/C24H19FN2O3S/c1-31-19-13-7-15(8-14-19)21-20-22(30-27(21)18-5-3-2-4-6-18)24(29)26(23(20)28)17-11-9-16(25)10-12-17/h2-14,20-22H,1H3/t20-,21+,22+/m1/s1. The molecule has 0 radical (unpaired) electrons. The van der Waals surface area contributed by atoms with E-state index in [-0.39, 0.29) is 5.91 Å². The van der Waals surface area contributed by atoms with Crippen molar-refractivity contribution in [1.82, 2.24) is 0 Å². The van der Waals surface area contributed by atoms with Crippen molar-refractivity contribution in [3.05, 3.63) is 90.2 Å². The van der Waals surface area contributed by atoms with Gasteiger partial charge in [0.15, 0.2) is 6.10 Å². The van der Waals surface area contributed by atoms with E-state index in [0.717, 1.165) is 21.0 Å². The molecule has 0 N–H and O–H groups in total. The summed E-state index contributed by atoms with van der Waals surface area (Å²) >= 11 is 1.63. The number of halogens is 1. The van der Waals surface area contributed by atoms with E-state index in [1.54, 1.807) is 16.8 Å². The summed E-state index contributed by atoms with van der Waals surface area (Å²) < 4.78 is 13.4. The van der Waals surface area contributed by atoms with E-state index in [1.165, 1.54) is 24.3 Å². The number of imide groups is 1. The molecular formula is C24H19FN2O3S. The second kappa shape index (κ2) is 7.83. The first-order chi connectivity index (χ1) is 15.1. The van der Waals surface area contributed by atoms with Crippen LogP contribution in [-0.2, 0) is 14.4 Å². The molecule has 5 rings (SSSR count). The third-order valence-corrected chi connectivity index (χ3v) is 6.41. The van der Waals surface area contributed by atoms with Crippen LogP contribution in [0.3, 0.4) is 0 Å². The molecule has 0 aliphatic carbocycles. The molecule has 3 aromatic rings. The predicted octanol–water partition coefficient (Wildman–Crippen LogP) is 4.60. The van der Waals surface area contributed by atoms with Crippen LogP contribution in [0.15, 0.2) is 83.8 Å². The molecule has 0 spiro atoms. The number of carbonyl (C=O) groups excluding carboxylic acids is 2. The topological polar surface area (TPSA) is 49.9 Å². The first kappa shape index (κ1) is 19.8. The Morgan fingerprint density at radius 2 is 1.52 bits per heavy atom. The molecule has 3 aromatic carbocycles. The lowest BCUT2D eigenvalue weighted by Gasteiger charge is -2.28. The third-order valence-electron chi connectivity index (χ3n) is 5.67. The number of hydrogen-bond acceptors (Lipinski definition) is 5. The van der Waals surface area contributed by atoms with E-state index >= 15 is 0 Å². The van der Waals surface area contributed by atoms with Crippen molar-refractivity contribution in [3.63, 3.8) is 0 Å². The molecule has 2 fully saturated rings. The number of anilines is 2. The Morgan fingerprint density at radius 1 is 0.839 bits per heavy atom. The molecule has 2 saturated heterocycles. The number of hydrogen-bond donors (Lipinski definition) is 0. The van der Waals surface area contributed by atoms with Gasteiger partial charge in [0.2, 0.25) is 5.91 Å². The van der Waals surface area contributed by atoms with E-state index in [0.29, 0.717) is 5.69 Å². The summed E-state index contributed by atoms with van der Waals surface area (Å²) in [4.78, 5) is 35.0. The van der Waals surface area contributed by atoms with Gasteiger partial charge in [0.05, 0.1) is 17.4 Å². The molecule has 2 aliphatic rings. The van der Waals surface area contributed by atoms with Gasteiger partial charge in [-0.3, -0.25) is 14.4 Å². The van der Waals surface area contributed by atoms with Crippen molar-refractivity contribution < 1.29 is 18.8 Å². The van der Waals surface area contributed by atoms with Gasteiger partial charge in [-0.25, -0.2) is 14.4 Å². The lowest BCUT2D eigenvalue weighted by molar-refractivity contribution is -0.126. The van der Waals surface area contributed by atoms with Crippen LogP contribution < -0.4 is 9.96 Å². The van der Waals surface area contributed by atoms with Crippen LogP contribution in [0.1, 0.15) is 11.6 Å². The molecule has 31 heavy (non-hydrogen) atoms. The highest BCUT2D eigenvalue weighted by molar-refractivity contribution is 7.98. The van der Waals surface area contributed by atoms with Gasteiger partial charge >= 0.3 is 0 Å². The maximum absolute atomic E-state index is 13.5. The number of amides is 2. The molecule has 0 saturated carbocycles. The Labute approximate surface area is 183 Å². The molecule has 2 amide bonds. The summed E-state index contributed by atoms with van der Waals surface area (Å²) in [6, 6.07) is 22.2. The van der Waals surface area contributed by atoms with Crippen molar-refractivity contribution in [2.75, 3.05) is 16.2 Å². The van der Waals surface area contributed by atoms with Crippen molar-refractivity contribution in [2.24, 2.45) is 5.92 Å². The van der Waals surface area contributed by atoms with E-state index in [9.17, 15) is 14.0 Å². The second-order valence-electron chi connectivity index (χ2n) is 7.42. The number of thioether (sulfide) groups is 1. The van der Waals surface area contributed by atoms with Crippen LogP contribution in [-0.4, -0.2) is 24.2 Å². The first-order valence-corrected chi connectivity index (χ1v) is 11.1. The Kier molecular flexibility index (Phi) is 5.00. The first-order valence-electron chi connectivity index (χ1n) is 9.87. The number of rotatable bonds is 4. The van der Waals surface area contributed by atoms with E-state index in [1.807, 2.05) is 60.9 Å². The highest BCUT2D eigenvalue weighted by Gasteiger charge is 2.60. The second-order valence-corrected chi connectivity index (χ2v) is 8.30. The number of hydroxylamine groups is 1. The molecule has 2 aliphatic heterocycles. The Morgan fingerprint density at radius 3 is 2.16 bits per heavy atom. The number of carbonyl (C=O) groups is 2. The summed E-state index contributed by atoms with van der Waals surface area (Å²) in [5, 5.41) is 1.67. The summed E-state index contributed by atoms with van der Waals surface area (Å²) in [7, 11) is 0. The predicted molar refractivity (Wildman–Crippen MR) is 117 cm³/mol. The van der Waals surface area contributed by atoms with E-state index in [2.05, 4.69) is 0 Å². The van der Waals surface area contributed by atoms with Gasteiger partial charge in [-0.2, -0.15) is 0 Å². The molecule has 7 heteroatoms. The molecule has 2 heterocycles. The van der Waals surface area contributed by atoms with Gasteiger partial charge < -0.3 is 0 Å². The van der Waals surface area contributed by atoms with Crippen LogP contribution in [0.2, 0.25) is 0 Å². The minimum Gasteiger partial charge on any atom is -0.273 e.